The van der Waals surface area contributed by atoms with Crippen LogP contribution in [0.2, 0.25) is 0 Å². The molecule has 0 aliphatic heterocycles. The maximum atomic E-state index is 12.1. The molecule has 0 aliphatic rings. The quantitative estimate of drug-likeness (QED) is 0.669. The van der Waals surface area contributed by atoms with Crippen LogP contribution < -0.4 is 14.8 Å². The molecule has 0 saturated heterocycles. The van der Waals surface area contributed by atoms with Gasteiger partial charge in [0.25, 0.3) is 5.91 Å². The van der Waals surface area contributed by atoms with Gasteiger partial charge in [0.05, 0.1) is 19.3 Å². The predicted molar refractivity (Wildman–Crippen MR) is 96.0 cm³/mol. The Morgan fingerprint density at radius 3 is 2.69 bits per heavy atom. The van der Waals surface area contributed by atoms with E-state index in [0.29, 0.717) is 24.7 Å². The van der Waals surface area contributed by atoms with Crippen molar-refractivity contribution in [1.29, 1.82) is 0 Å². The summed E-state index contributed by atoms with van der Waals surface area (Å²) in [5, 5.41) is 11.7. The second-order valence-electron chi connectivity index (χ2n) is 5.51. The number of aromatic nitrogens is 1. The number of aromatic carboxylic acids is 1. The van der Waals surface area contributed by atoms with Crippen molar-refractivity contribution in [3.05, 3.63) is 53.3 Å². The number of nitrogens with one attached hydrogen (secondary N) is 1. The third-order valence-electron chi connectivity index (χ3n) is 3.70. The Kier molecular flexibility index (Phi) is 6.96. The van der Waals surface area contributed by atoms with Crippen molar-refractivity contribution in [3.8, 4) is 11.5 Å². The van der Waals surface area contributed by atoms with Gasteiger partial charge in [0, 0.05) is 12.7 Å². The Hall–Kier alpha value is -3.09. The molecule has 138 valence electrons. The van der Waals surface area contributed by atoms with E-state index in [9.17, 15) is 9.59 Å². The summed E-state index contributed by atoms with van der Waals surface area (Å²) < 4.78 is 10.8. The second-order valence-corrected chi connectivity index (χ2v) is 5.51. The summed E-state index contributed by atoms with van der Waals surface area (Å²) in [5.74, 6) is -0.0941. The van der Waals surface area contributed by atoms with Crippen LogP contribution in [0.1, 0.15) is 39.8 Å². The van der Waals surface area contributed by atoms with E-state index in [-0.39, 0.29) is 11.3 Å². The molecule has 0 atom stereocenters. The topological polar surface area (TPSA) is 97.8 Å². The van der Waals surface area contributed by atoms with E-state index in [0.717, 1.165) is 18.4 Å². The lowest BCUT2D eigenvalue weighted by Crippen LogP contribution is -2.26. The van der Waals surface area contributed by atoms with Gasteiger partial charge in [-0.2, -0.15) is 0 Å². The maximum Gasteiger partial charge on any atom is 0.335 e. The van der Waals surface area contributed by atoms with Gasteiger partial charge in [0.15, 0.2) is 11.5 Å². The molecule has 1 aromatic carbocycles. The number of carboxylic acids is 1. The van der Waals surface area contributed by atoms with E-state index in [1.54, 1.807) is 7.11 Å². The fourth-order valence-electron chi connectivity index (χ4n) is 2.42. The number of hydrogen-bond donors (Lipinski definition) is 2. The van der Waals surface area contributed by atoms with E-state index in [1.807, 2.05) is 25.1 Å². The van der Waals surface area contributed by atoms with E-state index in [4.69, 9.17) is 14.6 Å². The number of methoxy groups -OCH3 is 1. The summed E-state index contributed by atoms with van der Waals surface area (Å²) in [6.45, 7) is 2.92. The Morgan fingerprint density at radius 1 is 1.19 bits per heavy atom. The molecule has 2 N–H and O–H groups in total. The number of carboxylic acid groups (broad SMARTS) is 1. The monoisotopic (exact) mass is 358 g/mol. The van der Waals surface area contributed by atoms with Gasteiger partial charge in [-0.25, -0.2) is 4.79 Å². The fourth-order valence-corrected chi connectivity index (χ4v) is 2.42. The van der Waals surface area contributed by atoms with Gasteiger partial charge >= 0.3 is 5.97 Å². The number of carbonyl (C=O) groups is 2. The highest BCUT2D eigenvalue weighted by atomic mass is 16.5. The average molecular weight is 358 g/mol. The van der Waals surface area contributed by atoms with Crippen molar-refractivity contribution in [3.63, 3.8) is 0 Å². The summed E-state index contributed by atoms with van der Waals surface area (Å²) >= 11 is 0. The first-order valence-electron chi connectivity index (χ1n) is 8.32. The molecule has 2 rings (SSSR count). The first kappa shape index (κ1) is 19.2. The SMILES string of the molecule is CCOc1cc(CCCNC(=O)c2cc(C(=O)O)ccn2)ccc1OC. The number of aryl methyl sites for hydroxylation is 1. The molecular weight excluding hydrogens is 336 g/mol. The highest BCUT2D eigenvalue weighted by Gasteiger charge is 2.11. The first-order chi connectivity index (χ1) is 12.5. The summed E-state index contributed by atoms with van der Waals surface area (Å²) in [6.07, 6.45) is 2.79. The van der Waals surface area contributed by atoms with Crippen LogP contribution in [0.3, 0.4) is 0 Å². The Labute approximate surface area is 152 Å². The molecule has 1 amide bonds. The molecule has 0 unspecified atom stereocenters. The zero-order chi connectivity index (χ0) is 18.9. The minimum Gasteiger partial charge on any atom is -0.493 e. The molecule has 0 saturated carbocycles. The van der Waals surface area contributed by atoms with E-state index in [1.165, 1.54) is 18.3 Å². The lowest BCUT2D eigenvalue weighted by Gasteiger charge is -2.11. The summed E-state index contributed by atoms with van der Waals surface area (Å²) in [7, 11) is 1.60. The zero-order valence-electron chi connectivity index (χ0n) is 14.8. The predicted octanol–water partition coefficient (Wildman–Crippen LogP) is 2.55. The normalized spacial score (nSPS) is 10.2. The summed E-state index contributed by atoms with van der Waals surface area (Å²) in [6, 6.07) is 8.36. The van der Waals surface area contributed by atoms with Crippen LogP contribution in [0.4, 0.5) is 0 Å². The number of ether oxygens (including phenoxy) is 2. The van der Waals surface area contributed by atoms with Crippen molar-refractivity contribution >= 4 is 11.9 Å². The van der Waals surface area contributed by atoms with Crippen LogP contribution >= 0.6 is 0 Å². The van der Waals surface area contributed by atoms with E-state index >= 15 is 0 Å². The van der Waals surface area contributed by atoms with Crippen LogP contribution in [0.15, 0.2) is 36.5 Å². The van der Waals surface area contributed by atoms with Gasteiger partial charge in [-0.05, 0) is 49.6 Å². The number of benzene rings is 1. The van der Waals surface area contributed by atoms with Crippen molar-refractivity contribution in [2.75, 3.05) is 20.3 Å². The molecular formula is C19H22N2O5. The van der Waals surface area contributed by atoms with Gasteiger partial charge in [-0.3, -0.25) is 9.78 Å². The Morgan fingerprint density at radius 2 is 2.00 bits per heavy atom. The van der Waals surface area contributed by atoms with Crippen LogP contribution in [0, 0.1) is 0 Å². The lowest BCUT2D eigenvalue weighted by atomic mass is 10.1. The standard InChI is InChI=1S/C19H22N2O5/c1-3-26-17-11-13(6-7-16(17)25-2)5-4-9-21-18(22)15-12-14(19(23)24)8-10-20-15/h6-8,10-12H,3-5,9H2,1-2H3,(H,21,22)(H,23,24). The number of pyridine rings is 1. The number of carbonyl (C=O) groups excluding carboxylic acids is 1. The van der Waals surface area contributed by atoms with Crippen LogP contribution in [0.5, 0.6) is 11.5 Å². The van der Waals surface area contributed by atoms with E-state index < -0.39 is 11.9 Å². The molecule has 1 heterocycles. The van der Waals surface area contributed by atoms with Crippen molar-refractivity contribution in [1.82, 2.24) is 10.3 Å². The largest absolute Gasteiger partial charge is 0.493 e. The number of rotatable bonds is 9. The fraction of sp³-hybridized carbons (Fsp3) is 0.316. The van der Waals surface area contributed by atoms with Gasteiger partial charge in [0.1, 0.15) is 5.69 Å². The van der Waals surface area contributed by atoms with Crippen molar-refractivity contribution in [2.45, 2.75) is 19.8 Å². The average Bonchev–Trinajstić information content (AvgIpc) is 2.65. The molecule has 0 spiro atoms. The number of amides is 1. The smallest absolute Gasteiger partial charge is 0.335 e. The van der Waals surface area contributed by atoms with Crippen molar-refractivity contribution in [2.24, 2.45) is 0 Å². The molecule has 1 aromatic heterocycles. The second kappa shape index (κ2) is 9.41. The van der Waals surface area contributed by atoms with Gasteiger partial charge in [0.2, 0.25) is 0 Å². The number of nitrogens with zero attached hydrogens (tertiary/aromatic N) is 1. The minimum absolute atomic E-state index is 0.0341. The molecule has 7 nitrogen and oxygen atoms in total. The Bertz CT molecular complexity index is 776. The van der Waals surface area contributed by atoms with Crippen LogP contribution in [-0.4, -0.2) is 42.2 Å². The lowest BCUT2D eigenvalue weighted by molar-refractivity contribution is 0.0696. The molecule has 26 heavy (non-hydrogen) atoms. The molecule has 2 aromatic rings. The van der Waals surface area contributed by atoms with Gasteiger partial charge < -0.3 is 19.9 Å². The molecule has 0 radical (unpaired) electrons. The van der Waals surface area contributed by atoms with Gasteiger partial charge in [-0.15, -0.1) is 0 Å². The highest BCUT2D eigenvalue weighted by Crippen LogP contribution is 2.28. The van der Waals surface area contributed by atoms with E-state index in [2.05, 4.69) is 10.3 Å². The van der Waals surface area contributed by atoms with Crippen LogP contribution in [-0.2, 0) is 6.42 Å². The highest BCUT2D eigenvalue weighted by molar-refractivity contribution is 5.95. The van der Waals surface area contributed by atoms with Gasteiger partial charge in [-0.1, -0.05) is 6.07 Å². The summed E-state index contributed by atoms with van der Waals surface area (Å²) in [5.41, 5.74) is 1.20. The minimum atomic E-state index is -1.09. The molecule has 7 heteroatoms. The molecule has 0 bridgehead atoms. The van der Waals surface area contributed by atoms with Crippen LogP contribution in [0.25, 0.3) is 0 Å². The zero-order valence-corrected chi connectivity index (χ0v) is 14.8. The third kappa shape index (κ3) is 5.20. The van der Waals surface area contributed by atoms with Crippen molar-refractivity contribution < 1.29 is 24.2 Å². The number of hydrogen-bond acceptors (Lipinski definition) is 5. The first-order valence-corrected chi connectivity index (χ1v) is 8.32. The maximum absolute atomic E-state index is 12.1. The molecule has 0 fully saturated rings. The Balaban J connectivity index is 1.86. The third-order valence-corrected chi connectivity index (χ3v) is 3.70. The molecule has 0 aliphatic carbocycles. The summed E-state index contributed by atoms with van der Waals surface area (Å²) in [4.78, 5) is 26.9.